The molecule has 0 aliphatic rings. The second kappa shape index (κ2) is 4.00. The summed E-state index contributed by atoms with van der Waals surface area (Å²) in [5.74, 6) is -0.999. The summed E-state index contributed by atoms with van der Waals surface area (Å²) in [6.45, 7) is 0. The van der Waals surface area contributed by atoms with E-state index in [2.05, 4.69) is 0 Å². The van der Waals surface area contributed by atoms with Gasteiger partial charge in [0, 0.05) is 0 Å². The zero-order chi connectivity index (χ0) is 12.7. The lowest BCUT2D eigenvalue weighted by molar-refractivity contribution is 0.0699. The third-order valence-electron chi connectivity index (χ3n) is 3.05. The topological polar surface area (TPSA) is 37.3 Å². The first-order chi connectivity index (χ1) is 8.66. The molecule has 3 aromatic rings. The van der Waals surface area contributed by atoms with Crippen molar-refractivity contribution >= 4 is 39.1 Å². The van der Waals surface area contributed by atoms with E-state index in [9.17, 15) is 9.90 Å². The van der Waals surface area contributed by atoms with Crippen molar-refractivity contribution in [1.29, 1.82) is 0 Å². The highest BCUT2D eigenvalue weighted by atomic mass is 35.5. The van der Waals surface area contributed by atoms with E-state index in [1.54, 1.807) is 6.07 Å². The van der Waals surface area contributed by atoms with Crippen LogP contribution in [-0.4, -0.2) is 11.1 Å². The summed E-state index contributed by atoms with van der Waals surface area (Å²) in [5.41, 5.74) is 0.167. The van der Waals surface area contributed by atoms with Gasteiger partial charge in [0.25, 0.3) is 0 Å². The molecule has 0 aromatic heterocycles. The molecule has 3 heteroatoms. The lowest BCUT2D eigenvalue weighted by atomic mass is 10.00. The summed E-state index contributed by atoms with van der Waals surface area (Å²) in [6.07, 6.45) is 0. The zero-order valence-corrected chi connectivity index (χ0v) is 10.1. The van der Waals surface area contributed by atoms with Crippen LogP contribution in [0.2, 0.25) is 5.02 Å². The van der Waals surface area contributed by atoms with Crippen molar-refractivity contribution in [3.05, 3.63) is 59.1 Å². The largest absolute Gasteiger partial charge is 0.478 e. The van der Waals surface area contributed by atoms with Gasteiger partial charge in [-0.2, -0.15) is 0 Å². The molecule has 18 heavy (non-hydrogen) atoms. The van der Waals surface area contributed by atoms with Crippen LogP contribution in [0.5, 0.6) is 0 Å². The molecule has 0 fully saturated rings. The van der Waals surface area contributed by atoms with Crippen LogP contribution in [-0.2, 0) is 0 Å². The lowest BCUT2D eigenvalue weighted by Crippen LogP contribution is -1.98. The fourth-order valence-electron chi connectivity index (χ4n) is 2.20. The highest BCUT2D eigenvalue weighted by Crippen LogP contribution is 2.29. The smallest absolute Gasteiger partial charge is 0.337 e. The average Bonchev–Trinajstić information content (AvgIpc) is 2.36. The third kappa shape index (κ3) is 1.62. The van der Waals surface area contributed by atoms with Crippen LogP contribution in [0.15, 0.2) is 48.5 Å². The van der Waals surface area contributed by atoms with Crippen molar-refractivity contribution in [2.45, 2.75) is 0 Å². The van der Waals surface area contributed by atoms with Crippen LogP contribution in [0.1, 0.15) is 10.4 Å². The molecule has 3 aromatic carbocycles. The Balaban J connectivity index is 2.50. The summed E-state index contributed by atoms with van der Waals surface area (Å²) >= 11 is 5.97. The Labute approximate surface area is 108 Å². The molecule has 3 rings (SSSR count). The number of carboxylic acids is 1. The van der Waals surface area contributed by atoms with E-state index >= 15 is 0 Å². The van der Waals surface area contributed by atoms with Crippen LogP contribution in [0.25, 0.3) is 21.5 Å². The van der Waals surface area contributed by atoms with Gasteiger partial charge in [0.2, 0.25) is 0 Å². The number of benzene rings is 3. The first-order valence-corrected chi connectivity index (χ1v) is 5.89. The molecule has 0 aliphatic heterocycles. The molecular formula is C15H9ClO2. The molecule has 88 valence electrons. The van der Waals surface area contributed by atoms with E-state index in [4.69, 9.17) is 11.6 Å². The minimum atomic E-state index is -0.999. The Morgan fingerprint density at radius 3 is 2.28 bits per heavy atom. The number of fused-ring (bicyclic) bond motifs is 2. The van der Waals surface area contributed by atoms with E-state index in [0.29, 0.717) is 5.39 Å². The minimum absolute atomic E-state index is 0.167. The van der Waals surface area contributed by atoms with Gasteiger partial charge in [0.05, 0.1) is 10.6 Å². The second-order valence-corrected chi connectivity index (χ2v) is 4.56. The predicted octanol–water partition coefficient (Wildman–Crippen LogP) is 4.34. The molecule has 0 saturated heterocycles. The van der Waals surface area contributed by atoms with Crippen LogP contribution in [0.4, 0.5) is 0 Å². The summed E-state index contributed by atoms with van der Waals surface area (Å²) in [6, 6.07) is 15.2. The van der Waals surface area contributed by atoms with Gasteiger partial charge < -0.3 is 5.11 Å². The van der Waals surface area contributed by atoms with Gasteiger partial charge in [-0.1, -0.05) is 41.9 Å². The maximum Gasteiger partial charge on any atom is 0.337 e. The predicted molar refractivity (Wildman–Crippen MR) is 73.4 cm³/mol. The van der Waals surface area contributed by atoms with E-state index in [1.807, 2.05) is 42.5 Å². The second-order valence-electron chi connectivity index (χ2n) is 4.15. The van der Waals surface area contributed by atoms with Gasteiger partial charge in [0.1, 0.15) is 0 Å². The van der Waals surface area contributed by atoms with Crippen molar-refractivity contribution in [1.82, 2.24) is 0 Å². The first kappa shape index (κ1) is 11.1. The third-order valence-corrected chi connectivity index (χ3v) is 3.36. The number of hydrogen-bond acceptors (Lipinski definition) is 1. The SMILES string of the molecule is O=C(O)c1c(Cl)ccc2cc3ccccc3cc12. The van der Waals surface area contributed by atoms with Gasteiger partial charge in [0.15, 0.2) is 0 Å². The minimum Gasteiger partial charge on any atom is -0.478 e. The van der Waals surface area contributed by atoms with Crippen LogP contribution in [0.3, 0.4) is 0 Å². The van der Waals surface area contributed by atoms with E-state index < -0.39 is 5.97 Å². The van der Waals surface area contributed by atoms with Gasteiger partial charge in [-0.3, -0.25) is 0 Å². The molecule has 0 atom stereocenters. The molecule has 0 saturated carbocycles. The maximum absolute atomic E-state index is 11.3. The van der Waals surface area contributed by atoms with Crippen molar-refractivity contribution < 1.29 is 9.90 Å². The lowest BCUT2D eigenvalue weighted by Gasteiger charge is -2.07. The van der Waals surface area contributed by atoms with Gasteiger partial charge in [-0.15, -0.1) is 0 Å². The van der Waals surface area contributed by atoms with Gasteiger partial charge >= 0.3 is 5.97 Å². The normalized spacial score (nSPS) is 10.9. The molecule has 2 nitrogen and oxygen atoms in total. The zero-order valence-electron chi connectivity index (χ0n) is 9.35. The average molecular weight is 257 g/mol. The summed E-state index contributed by atoms with van der Waals surface area (Å²) in [4.78, 5) is 11.3. The van der Waals surface area contributed by atoms with Crippen molar-refractivity contribution in [2.24, 2.45) is 0 Å². The van der Waals surface area contributed by atoms with Crippen molar-refractivity contribution in [3.8, 4) is 0 Å². The van der Waals surface area contributed by atoms with E-state index in [-0.39, 0.29) is 10.6 Å². The Morgan fingerprint density at radius 1 is 0.944 bits per heavy atom. The Bertz CT molecular complexity index is 778. The molecule has 0 heterocycles. The highest BCUT2D eigenvalue weighted by molar-refractivity contribution is 6.35. The molecule has 0 spiro atoms. The number of aromatic carboxylic acids is 1. The van der Waals surface area contributed by atoms with Crippen molar-refractivity contribution in [2.75, 3.05) is 0 Å². The first-order valence-electron chi connectivity index (χ1n) is 5.51. The Morgan fingerprint density at radius 2 is 1.61 bits per heavy atom. The van der Waals surface area contributed by atoms with E-state index in [1.165, 1.54) is 0 Å². The summed E-state index contributed by atoms with van der Waals surface area (Å²) in [7, 11) is 0. The fraction of sp³-hybridized carbons (Fsp3) is 0. The molecular weight excluding hydrogens is 248 g/mol. The molecule has 0 radical (unpaired) electrons. The highest BCUT2D eigenvalue weighted by Gasteiger charge is 2.13. The molecule has 0 unspecified atom stereocenters. The molecule has 1 N–H and O–H groups in total. The number of rotatable bonds is 1. The standard InChI is InChI=1S/C15H9ClO2/c16-13-6-5-11-7-9-3-1-2-4-10(9)8-12(11)14(13)15(17)18/h1-8H,(H,17,18). The summed E-state index contributed by atoms with van der Waals surface area (Å²) < 4.78 is 0. The van der Waals surface area contributed by atoms with Crippen molar-refractivity contribution in [3.63, 3.8) is 0 Å². The fourth-order valence-corrected chi connectivity index (χ4v) is 2.45. The number of carboxylic acid groups (broad SMARTS) is 1. The number of carbonyl (C=O) groups is 1. The van der Waals surface area contributed by atoms with Crippen LogP contribution >= 0.6 is 11.6 Å². The Kier molecular flexibility index (Phi) is 2.46. The maximum atomic E-state index is 11.3. The van der Waals surface area contributed by atoms with Gasteiger partial charge in [-0.25, -0.2) is 4.79 Å². The quantitative estimate of drug-likeness (QED) is 0.658. The van der Waals surface area contributed by atoms with Crippen LogP contribution < -0.4 is 0 Å². The Hall–Kier alpha value is -2.06. The molecule has 0 aliphatic carbocycles. The number of hydrogen-bond donors (Lipinski definition) is 1. The monoisotopic (exact) mass is 256 g/mol. The van der Waals surface area contributed by atoms with Gasteiger partial charge in [-0.05, 0) is 39.7 Å². The van der Waals surface area contributed by atoms with E-state index in [0.717, 1.165) is 16.2 Å². The molecule has 0 amide bonds. The summed E-state index contributed by atoms with van der Waals surface area (Å²) in [5, 5.41) is 13.2. The molecule has 0 bridgehead atoms. The van der Waals surface area contributed by atoms with Crippen LogP contribution in [0, 0.1) is 0 Å². The number of halogens is 1.